The van der Waals surface area contributed by atoms with Crippen LogP contribution in [0.2, 0.25) is 0 Å². The number of hydrogen-bond donors (Lipinski definition) is 0. The molecule has 0 saturated heterocycles. The lowest BCUT2D eigenvalue weighted by Gasteiger charge is -2.08. The lowest BCUT2D eigenvalue weighted by atomic mass is 10.0. The minimum atomic E-state index is -0.242. The summed E-state index contributed by atoms with van der Waals surface area (Å²) >= 11 is 0. The smallest absolute Gasteiger partial charge is 0.202 e. The van der Waals surface area contributed by atoms with Crippen molar-refractivity contribution < 1.29 is 8.81 Å². The molecule has 4 heteroatoms. The van der Waals surface area contributed by atoms with Crippen LogP contribution in [0.25, 0.3) is 0 Å². The zero-order valence-electron chi connectivity index (χ0n) is 7.27. The van der Waals surface area contributed by atoms with E-state index in [4.69, 9.17) is 9.68 Å². The second kappa shape index (κ2) is 3.46. The monoisotopic (exact) mass is 190 g/mol. The molecule has 70 valence electrons. The Balaban J connectivity index is 2.18. The van der Waals surface area contributed by atoms with E-state index in [0.29, 0.717) is 12.3 Å². The van der Waals surface area contributed by atoms with Gasteiger partial charge in [-0.2, -0.15) is 5.26 Å². The van der Waals surface area contributed by atoms with E-state index in [0.717, 1.165) is 0 Å². The molecule has 0 radical (unpaired) electrons. The van der Waals surface area contributed by atoms with E-state index < -0.39 is 0 Å². The fourth-order valence-electron chi connectivity index (χ4n) is 1.29. The van der Waals surface area contributed by atoms with Crippen molar-refractivity contribution >= 4 is 0 Å². The van der Waals surface area contributed by atoms with Crippen molar-refractivity contribution in [3.63, 3.8) is 0 Å². The molecule has 1 aliphatic carbocycles. The molecule has 1 heterocycles. The van der Waals surface area contributed by atoms with Gasteiger partial charge in [0.1, 0.15) is 18.2 Å². The highest BCUT2D eigenvalue weighted by Crippen LogP contribution is 2.26. The van der Waals surface area contributed by atoms with Crippen molar-refractivity contribution in [3.8, 4) is 6.07 Å². The maximum absolute atomic E-state index is 12.6. The van der Waals surface area contributed by atoms with Gasteiger partial charge < -0.3 is 4.42 Å². The van der Waals surface area contributed by atoms with Crippen LogP contribution in [0.3, 0.4) is 0 Å². The topological polar surface area (TPSA) is 49.8 Å². The Morgan fingerprint density at radius 2 is 2.50 bits per heavy atom. The van der Waals surface area contributed by atoms with Crippen LogP contribution in [0.1, 0.15) is 23.9 Å². The van der Waals surface area contributed by atoms with Gasteiger partial charge in [0, 0.05) is 0 Å². The minimum absolute atomic E-state index is 0.0587. The van der Waals surface area contributed by atoms with Crippen LogP contribution in [0.15, 0.2) is 34.7 Å². The average Bonchev–Trinajstić information content (AvgIpc) is 2.67. The van der Waals surface area contributed by atoms with E-state index in [1.807, 2.05) is 6.07 Å². The minimum Gasteiger partial charge on any atom is -0.447 e. The first-order valence-electron chi connectivity index (χ1n) is 4.19. The highest BCUT2D eigenvalue weighted by atomic mass is 19.1. The van der Waals surface area contributed by atoms with Gasteiger partial charge in [0.25, 0.3) is 0 Å². The summed E-state index contributed by atoms with van der Waals surface area (Å²) in [5.74, 6) is 0.159. The molecule has 0 spiro atoms. The molecule has 1 aromatic heterocycles. The third-order valence-electron chi connectivity index (χ3n) is 2.01. The number of rotatable bonds is 1. The van der Waals surface area contributed by atoms with Gasteiger partial charge in [-0.1, -0.05) is 6.08 Å². The van der Waals surface area contributed by atoms with E-state index in [1.165, 1.54) is 18.4 Å². The van der Waals surface area contributed by atoms with Crippen LogP contribution < -0.4 is 0 Å². The molecule has 1 aliphatic rings. The standard InChI is InChI=1S/C10H7FN2O/c11-8-3-1-7(2-4-8)10-13-9(5-12)6-14-10/h1,3-4,6-7H,2H2. The molecule has 14 heavy (non-hydrogen) atoms. The van der Waals surface area contributed by atoms with Crippen LogP contribution in [0.5, 0.6) is 0 Å². The summed E-state index contributed by atoms with van der Waals surface area (Å²) in [6.45, 7) is 0. The number of hydrogen-bond acceptors (Lipinski definition) is 3. The van der Waals surface area contributed by atoms with Crippen LogP contribution in [-0.4, -0.2) is 4.98 Å². The number of oxazole rings is 1. The molecule has 0 amide bonds. The van der Waals surface area contributed by atoms with Gasteiger partial charge in [0.05, 0.1) is 5.92 Å². The zero-order valence-corrected chi connectivity index (χ0v) is 7.27. The Morgan fingerprint density at radius 3 is 3.07 bits per heavy atom. The zero-order chi connectivity index (χ0) is 9.97. The highest BCUT2D eigenvalue weighted by molar-refractivity contribution is 5.24. The van der Waals surface area contributed by atoms with Gasteiger partial charge in [-0.15, -0.1) is 0 Å². The molecule has 0 aliphatic heterocycles. The molecular formula is C10H7FN2O. The van der Waals surface area contributed by atoms with Crippen LogP contribution in [0.4, 0.5) is 4.39 Å². The molecule has 2 rings (SSSR count). The van der Waals surface area contributed by atoms with Gasteiger partial charge >= 0.3 is 0 Å². The van der Waals surface area contributed by atoms with Crippen LogP contribution in [0, 0.1) is 11.3 Å². The molecule has 0 saturated carbocycles. The number of aromatic nitrogens is 1. The fourth-order valence-corrected chi connectivity index (χ4v) is 1.29. The summed E-state index contributed by atoms with van der Waals surface area (Å²) in [4.78, 5) is 3.95. The molecule has 3 nitrogen and oxygen atoms in total. The summed E-state index contributed by atoms with van der Waals surface area (Å²) in [6, 6.07) is 1.88. The van der Waals surface area contributed by atoms with E-state index in [2.05, 4.69) is 4.98 Å². The van der Waals surface area contributed by atoms with Crippen molar-refractivity contribution in [1.29, 1.82) is 5.26 Å². The number of nitrogens with zero attached hydrogens (tertiary/aromatic N) is 2. The van der Waals surface area contributed by atoms with E-state index in [9.17, 15) is 4.39 Å². The molecule has 1 atom stereocenters. The Bertz CT molecular complexity index is 439. The Morgan fingerprint density at radius 1 is 1.64 bits per heavy atom. The Labute approximate surface area is 80.2 Å². The van der Waals surface area contributed by atoms with E-state index >= 15 is 0 Å². The maximum Gasteiger partial charge on any atom is 0.202 e. The van der Waals surface area contributed by atoms with Gasteiger partial charge in [-0.05, 0) is 18.6 Å². The average molecular weight is 190 g/mol. The summed E-state index contributed by atoms with van der Waals surface area (Å²) in [5.41, 5.74) is 0.253. The predicted octanol–water partition coefficient (Wildman–Crippen LogP) is 2.44. The molecule has 0 N–H and O–H groups in total. The number of nitriles is 1. The predicted molar refractivity (Wildman–Crippen MR) is 46.9 cm³/mol. The van der Waals surface area contributed by atoms with Crippen molar-refractivity contribution in [2.45, 2.75) is 12.3 Å². The van der Waals surface area contributed by atoms with Gasteiger partial charge in [0.2, 0.25) is 5.89 Å². The van der Waals surface area contributed by atoms with E-state index in [1.54, 1.807) is 6.08 Å². The second-order valence-corrected chi connectivity index (χ2v) is 2.97. The van der Waals surface area contributed by atoms with Crippen molar-refractivity contribution in [1.82, 2.24) is 4.98 Å². The maximum atomic E-state index is 12.6. The Kier molecular flexibility index (Phi) is 2.15. The summed E-state index contributed by atoms with van der Waals surface area (Å²) in [7, 11) is 0. The van der Waals surface area contributed by atoms with E-state index in [-0.39, 0.29) is 17.4 Å². The number of allylic oxidation sites excluding steroid dienone is 4. The largest absolute Gasteiger partial charge is 0.447 e. The molecule has 1 aromatic rings. The molecule has 0 aromatic carbocycles. The van der Waals surface area contributed by atoms with Crippen molar-refractivity contribution in [3.05, 3.63) is 41.9 Å². The normalized spacial score (nSPS) is 20.3. The Hall–Kier alpha value is -1.89. The quantitative estimate of drug-likeness (QED) is 0.683. The van der Waals surface area contributed by atoms with Gasteiger partial charge in [0.15, 0.2) is 5.69 Å². The van der Waals surface area contributed by atoms with Crippen molar-refractivity contribution in [2.75, 3.05) is 0 Å². The molecule has 0 bridgehead atoms. The third-order valence-corrected chi connectivity index (χ3v) is 2.01. The SMILES string of the molecule is N#Cc1coc(C2C=CC(F)=CC2)n1. The van der Waals surface area contributed by atoms with Gasteiger partial charge in [-0.3, -0.25) is 0 Å². The third kappa shape index (κ3) is 1.57. The molecule has 1 unspecified atom stereocenters. The fraction of sp³-hybridized carbons (Fsp3) is 0.200. The van der Waals surface area contributed by atoms with Gasteiger partial charge in [-0.25, -0.2) is 9.37 Å². The summed E-state index contributed by atoms with van der Waals surface area (Å²) in [6.07, 6.45) is 6.36. The second-order valence-electron chi connectivity index (χ2n) is 2.97. The summed E-state index contributed by atoms with van der Waals surface area (Å²) < 4.78 is 17.7. The lowest BCUT2D eigenvalue weighted by molar-refractivity contribution is 0.471. The number of halogens is 1. The van der Waals surface area contributed by atoms with Crippen molar-refractivity contribution in [2.24, 2.45) is 0 Å². The first-order valence-corrected chi connectivity index (χ1v) is 4.19. The first kappa shape index (κ1) is 8.70. The van der Waals surface area contributed by atoms with Crippen LogP contribution in [-0.2, 0) is 0 Å². The van der Waals surface area contributed by atoms with Crippen LogP contribution >= 0.6 is 0 Å². The first-order chi connectivity index (χ1) is 6.79. The summed E-state index contributed by atoms with van der Waals surface area (Å²) in [5, 5.41) is 8.53. The highest BCUT2D eigenvalue weighted by Gasteiger charge is 2.16. The molecule has 0 fully saturated rings. The molecular weight excluding hydrogens is 183 g/mol. The lowest BCUT2D eigenvalue weighted by Crippen LogP contribution is -1.97.